The van der Waals surface area contributed by atoms with Crippen LogP contribution in [0.25, 0.3) is 0 Å². The number of nitrogens with one attached hydrogen (secondary N) is 1. The van der Waals surface area contributed by atoms with Crippen molar-refractivity contribution in [3.05, 3.63) is 21.4 Å². The van der Waals surface area contributed by atoms with Crippen LogP contribution in [0.1, 0.15) is 52.2 Å². The zero-order valence-corrected chi connectivity index (χ0v) is 15.5. The van der Waals surface area contributed by atoms with Gasteiger partial charge < -0.3 is 10.1 Å². The summed E-state index contributed by atoms with van der Waals surface area (Å²) in [5.41, 5.74) is 1.32. The van der Waals surface area contributed by atoms with E-state index in [9.17, 15) is 9.59 Å². The zero-order valence-electron chi connectivity index (χ0n) is 13.9. The highest BCUT2D eigenvalue weighted by Gasteiger charge is 2.23. The van der Waals surface area contributed by atoms with Gasteiger partial charge in [-0.25, -0.2) is 4.79 Å². The number of carbonyl (C=O) groups excluding carboxylic acids is 2. The first-order valence-corrected chi connectivity index (χ1v) is 10.4. The molecule has 0 aliphatic heterocycles. The molecular formula is C17H25NO3S2. The number of esters is 1. The van der Waals surface area contributed by atoms with Crippen molar-refractivity contribution in [2.45, 2.75) is 51.0 Å². The van der Waals surface area contributed by atoms with Crippen LogP contribution >= 0.6 is 23.1 Å². The number of aryl methyl sites for hydroxylation is 2. The monoisotopic (exact) mass is 355 g/mol. The number of hydrogen-bond donors (Lipinski definition) is 1. The Bertz CT molecular complexity index is 516. The number of ether oxygens (including phenoxy) is 1. The van der Waals surface area contributed by atoms with E-state index in [1.165, 1.54) is 43.2 Å². The van der Waals surface area contributed by atoms with Crippen molar-refractivity contribution in [3.63, 3.8) is 0 Å². The summed E-state index contributed by atoms with van der Waals surface area (Å²) in [7, 11) is 1.36. The fraction of sp³-hybridized carbons (Fsp3) is 0.647. The van der Waals surface area contributed by atoms with Gasteiger partial charge in [-0.05, 0) is 55.7 Å². The Labute approximate surface area is 146 Å². The first kappa shape index (κ1) is 18.3. The highest BCUT2D eigenvalue weighted by Crippen LogP contribution is 2.28. The summed E-state index contributed by atoms with van der Waals surface area (Å²) < 4.78 is 4.80. The first-order valence-electron chi connectivity index (χ1n) is 8.15. The van der Waals surface area contributed by atoms with Gasteiger partial charge in [-0.15, -0.1) is 11.3 Å². The maximum atomic E-state index is 12.5. The molecule has 23 heavy (non-hydrogen) atoms. The minimum atomic E-state index is -0.565. The van der Waals surface area contributed by atoms with Crippen molar-refractivity contribution < 1.29 is 14.3 Å². The second-order valence-electron chi connectivity index (χ2n) is 5.80. The fourth-order valence-corrected chi connectivity index (χ4v) is 4.44. The minimum absolute atomic E-state index is 0.154. The Morgan fingerprint density at radius 1 is 1.30 bits per heavy atom. The molecule has 1 amide bonds. The minimum Gasteiger partial charge on any atom is -0.467 e. The van der Waals surface area contributed by atoms with Gasteiger partial charge in [0.25, 0.3) is 5.91 Å². The lowest BCUT2D eigenvalue weighted by molar-refractivity contribution is -0.142. The van der Waals surface area contributed by atoms with Gasteiger partial charge in [0.15, 0.2) is 0 Å². The van der Waals surface area contributed by atoms with Gasteiger partial charge in [-0.3, -0.25) is 4.79 Å². The van der Waals surface area contributed by atoms with Gasteiger partial charge in [-0.1, -0.05) is 12.8 Å². The zero-order chi connectivity index (χ0) is 16.7. The Morgan fingerprint density at radius 2 is 2.04 bits per heavy atom. The van der Waals surface area contributed by atoms with Gasteiger partial charge in [0, 0.05) is 4.88 Å². The lowest BCUT2D eigenvalue weighted by atomic mass is 10.00. The van der Waals surface area contributed by atoms with Gasteiger partial charge in [-0.2, -0.15) is 11.8 Å². The molecule has 2 rings (SSSR count). The van der Waals surface area contributed by atoms with Crippen LogP contribution in [0.4, 0.5) is 0 Å². The van der Waals surface area contributed by atoms with E-state index in [4.69, 9.17) is 4.74 Å². The molecule has 128 valence electrons. The highest BCUT2D eigenvalue weighted by molar-refractivity contribution is 7.98. The van der Waals surface area contributed by atoms with Gasteiger partial charge in [0.05, 0.1) is 12.0 Å². The van der Waals surface area contributed by atoms with E-state index < -0.39 is 6.04 Å². The topological polar surface area (TPSA) is 55.4 Å². The number of carbonyl (C=O) groups is 2. The van der Waals surface area contributed by atoms with Gasteiger partial charge >= 0.3 is 5.97 Å². The van der Waals surface area contributed by atoms with Crippen LogP contribution in [0.3, 0.4) is 0 Å². The SMILES string of the molecule is COC(=O)[C@@H](CCSC)NC(=O)c1cc2c(s1)CCCCCC2. The van der Waals surface area contributed by atoms with Crippen molar-refractivity contribution in [1.29, 1.82) is 0 Å². The average molecular weight is 356 g/mol. The molecule has 0 saturated heterocycles. The smallest absolute Gasteiger partial charge is 0.328 e. The second kappa shape index (κ2) is 9.33. The number of thioether (sulfide) groups is 1. The van der Waals surface area contributed by atoms with E-state index in [1.54, 1.807) is 23.1 Å². The number of fused-ring (bicyclic) bond motifs is 1. The van der Waals surface area contributed by atoms with E-state index in [1.807, 2.05) is 12.3 Å². The van der Waals surface area contributed by atoms with Crippen LogP contribution < -0.4 is 5.32 Å². The van der Waals surface area contributed by atoms with Crippen LogP contribution in [0.2, 0.25) is 0 Å². The number of hydrogen-bond acceptors (Lipinski definition) is 5. The summed E-state index contributed by atoms with van der Waals surface area (Å²) in [5, 5.41) is 2.84. The van der Waals surface area contributed by atoms with E-state index >= 15 is 0 Å². The molecule has 1 N–H and O–H groups in total. The molecule has 1 aromatic rings. The highest BCUT2D eigenvalue weighted by atomic mass is 32.2. The average Bonchev–Trinajstić information content (AvgIpc) is 2.92. The number of amides is 1. The normalized spacial score (nSPS) is 15.9. The second-order valence-corrected chi connectivity index (χ2v) is 7.93. The lowest BCUT2D eigenvalue weighted by Gasteiger charge is -2.15. The van der Waals surface area contributed by atoms with Crippen LogP contribution in [0, 0.1) is 0 Å². The van der Waals surface area contributed by atoms with Crippen molar-refractivity contribution in [2.75, 3.05) is 19.1 Å². The third-order valence-electron chi connectivity index (χ3n) is 4.12. The van der Waals surface area contributed by atoms with Gasteiger partial charge in [0.2, 0.25) is 0 Å². The predicted molar refractivity (Wildman–Crippen MR) is 96.5 cm³/mol. The molecule has 0 aromatic carbocycles. The van der Waals surface area contributed by atoms with Crippen LogP contribution in [-0.2, 0) is 22.4 Å². The standard InChI is InChI=1S/C17H25NO3S2/c1-21-17(20)13(9-10-22-2)18-16(19)15-11-12-7-5-3-4-6-8-14(12)23-15/h11,13H,3-10H2,1-2H3,(H,18,19)/t13-/m1/s1. The summed E-state index contributed by atoms with van der Waals surface area (Å²) >= 11 is 3.23. The number of methoxy groups -OCH3 is 1. The molecule has 0 spiro atoms. The summed E-state index contributed by atoms with van der Waals surface area (Å²) in [4.78, 5) is 26.4. The summed E-state index contributed by atoms with van der Waals surface area (Å²) in [5.74, 6) is 0.279. The summed E-state index contributed by atoms with van der Waals surface area (Å²) in [6, 6.07) is 1.45. The fourth-order valence-electron chi connectivity index (χ4n) is 2.81. The first-order chi connectivity index (χ1) is 11.2. The largest absolute Gasteiger partial charge is 0.467 e. The Balaban J connectivity index is 2.06. The predicted octanol–water partition coefficient (Wildman–Crippen LogP) is 3.43. The third-order valence-corrected chi connectivity index (χ3v) is 6.00. The van der Waals surface area contributed by atoms with Crippen molar-refractivity contribution >= 4 is 35.0 Å². The molecule has 1 aliphatic carbocycles. The van der Waals surface area contributed by atoms with Crippen LogP contribution in [0.15, 0.2) is 6.07 Å². The number of thiophene rings is 1. The quantitative estimate of drug-likeness (QED) is 0.794. The van der Waals surface area contributed by atoms with E-state index in [2.05, 4.69) is 5.32 Å². The molecule has 0 fully saturated rings. The molecule has 1 heterocycles. The van der Waals surface area contributed by atoms with Gasteiger partial charge in [0.1, 0.15) is 6.04 Å². The van der Waals surface area contributed by atoms with Crippen LogP contribution in [0.5, 0.6) is 0 Å². The molecule has 0 unspecified atom stereocenters. The van der Waals surface area contributed by atoms with Crippen molar-refractivity contribution in [1.82, 2.24) is 5.32 Å². The van der Waals surface area contributed by atoms with E-state index in [-0.39, 0.29) is 11.9 Å². The molecular weight excluding hydrogens is 330 g/mol. The molecule has 0 saturated carbocycles. The molecule has 6 heteroatoms. The molecule has 1 aliphatic rings. The Kier molecular flexibility index (Phi) is 7.43. The van der Waals surface area contributed by atoms with Crippen molar-refractivity contribution in [2.24, 2.45) is 0 Å². The summed E-state index contributed by atoms with van der Waals surface area (Å²) in [6.07, 6.45) is 9.65. The van der Waals surface area contributed by atoms with E-state index in [0.29, 0.717) is 6.42 Å². The maximum absolute atomic E-state index is 12.5. The molecule has 1 atom stereocenters. The lowest BCUT2D eigenvalue weighted by Crippen LogP contribution is -2.41. The third kappa shape index (κ3) is 5.24. The Morgan fingerprint density at radius 3 is 2.74 bits per heavy atom. The molecule has 4 nitrogen and oxygen atoms in total. The van der Waals surface area contributed by atoms with E-state index in [0.717, 1.165) is 23.5 Å². The Hall–Kier alpha value is -1.01. The van der Waals surface area contributed by atoms with Crippen molar-refractivity contribution in [3.8, 4) is 0 Å². The van der Waals surface area contributed by atoms with Crippen LogP contribution in [-0.4, -0.2) is 37.0 Å². The number of rotatable bonds is 6. The molecule has 1 aromatic heterocycles. The molecule has 0 bridgehead atoms. The molecule has 0 radical (unpaired) electrons. The maximum Gasteiger partial charge on any atom is 0.328 e. The summed E-state index contributed by atoms with van der Waals surface area (Å²) in [6.45, 7) is 0.